The van der Waals surface area contributed by atoms with Crippen molar-refractivity contribution in [3.63, 3.8) is 0 Å². The lowest BCUT2D eigenvalue weighted by Crippen LogP contribution is -2.34. The first-order valence-electron chi connectivity index (χ1n) is 6.28. The molecule has 0 aromatic heterocycles. The van der Waals surface area contributed by atoms with E-state index in [1.54, 1.807) is 0 Å². The van der Waals surface area contributed by atoms with Crippen LogP contribution < -0.4 is 9.76 Å². The highest BCUT2D eigenvalue weighted by Crippen LogP contribution is 2.53. The van der Waals surface area contributed by atoms with Gasteiger partial charge in [-0.2, -0.15) is 0 Å². The van der Waals surface area contributed by atoms with Crippen LogP contribution in [-0.4, -0.2) is 42.6 Å². The molecule has 0 amide bonds. The fourth-order valence-electron chi connectivity index (χ4n) is 2.24. The van der Waals surface area contributed by atoms with Gasteiger partial charge >= 0.3 is 7.59 Å². The van der Waals surface area contributed by atoms with Crippen LogP contribution >= 0.6 is 30.8 Å². The van der Waals surface area contributed by atoms with Gasteiger partial charge in [0.15, 0.2) is 0 Å². The van der Waals surface area contributed by atoms with Crippen molar-refractivity contribution in [1.82, 2.24) is 9.76 Å². The molecule has 1 heterocycles. The van der Waals surface area contributed by atoms with E-state index in [4.69, 9.17) is 23.2 Å². The van der Waals surface area contributed by atoms with Crippen molar-refractivity contribution in [2.45, 2.75) is 0 Å². The summed E-state index contributed by atoms with van der Waals surface area (Å²) in [5.74, 6) is 0.871. The van der Waals surface area contributed by atoms with Crippen LogP contribution in [-0.2, 0) is 4.57 Å². The standard InChI is InChI=1S/C12H18Cl2N3OP/c13-6-9-16(10-7-14)19(18)15-8-11-17(19)12-4-2-1-3-5-12/h1-5H,6-11H2,(H,15,18). The van der Waals surface area contributed by atoms with Crippen molar-refractivity contribution < 1.29 is 4.57 Å². The molecule has 1 atom stereocenters. The minimum absolute atomic E-state index is 0.436. The van der Waals surface area contributed by atoms with Crippen LogP contribution in [0.4, 0.5) is 5.69 Å². The molecule has 1 aliphatic heterocycles. The summed E-state index contributed by atoms with van der Waals surface area (Å²) in [5, 5.41) is 3.14. The fraction of sp³-hybridized carbons (Fsp3) is 0.500. The van der Waals surface area contributed by atoms with Crippen molar-refractivity contribution in [2.24, 2.45) is 0 Å². The lowest BCUT2D eigenvalue weighted by atomic mass is 10.3. The van der Waals surface area contributed by atoms with Gasteiger partial charge in [-0.3, -0.25) is 9.24 Å². The molecule has 0 spiro atoms. The normalized spacial score (nSPS) is 23.2. The molecule has 1 aromatic rings. The Hall–Kier alpha value is -0.250. The maximum atomic E-state index is 13.2. The van der Waals surface area contributed by atoms with E-state index in [1.807, 2.05) is 39.7 Å². The number of alkyl halides is 2. The Morgan fingerprint density at radius 1 is 1.21 bits per heavy atom. The summed E-state index contributed by atoms with van der Waals surface area (Å²) in [4.78, 5) is 0. The predicted octanol–water partition coefficient (Wildman–Crippen LogP) is 2.98. The monoisotopic (exact) mass is 321 g/mol. The summed E-state index contributed by atoms with van der Waals surface area (Å²) >= 11 is 11.6. The van der Waals surface area contributed by atoms with Crippen LogP contribution in [0.15, 0.2) is 30.3 Å². The summed E-state index contributed by atoms with van der Waals surface area (Å²) in [5.41, 5.74) is 0.963. The van der Waals surface area contributed by atoms with Gasteiger partial charge in [0, 0.05) is 43.6 Å². The Morgan fingerprint density at radius 3 is 2.42 bits per heavy atom. The van der Waals surface area contributed by atoms with Gasteiger partial charge in [-0.05, 0) is 12.1 Å². The molecule has 106 valence electrons. The van der Waals surface area contributed by atoms with Gasteiger partial charge in [0.25, 0.3) is 0 Å². The summed E-state index contributed by atoms with van der Waals surface area (Å²) in [6, 6.07) is 9.79. The van der Waals surface area contributed by atoms with E-state index >= 15 is 0 Å². The van der Waals surface area contributed by atoms with E-state index < -0.39 is 7.59 Å². The molecule has 1 unspecified atom stereocenters. The third-order valence-corrected chi connectivity index (χ3v) is 6.32. The average Bonchev–Trinajstić information content (AvgIpc) is 2.83. The number of nitrogens with zero attached hydrogens (tertiary/aromatic N) is 2. The summed E-state index contributed by atoms with van der Waals surface area (Å²) < 4.78 is 17.1. The van der Waals surface area contributed by atoms with Crippen LogP contribution in [0.25, 0.3) is 0 Å². The Morgan fingerprint density at radius 2 is 1.84 bits per heavy atom. The molecule has 1 aromatic carbocycles. The molecule has 1 fully saturated rings. The van der Waals surface area contributed by atoms with Crippen LogP contribution in [0.3, 0.4) is 0 Å². The van der Waals surface area contributed by atoms with Crippen molar-refractivity contribution >= 4 is 36.5 Å². The highest BCUT2D eigenvalue weighted by molar-refractivity contribution is 7.61. The first-order valence-corrected chi connectivity index (χ1v) is 8.96. The Bertz CT molecular complexity index is 440. The third-order valence-electron chi connectivity index (χ3n) is 3.09. The highest BCUT2D eigenvalue weighted by Gasteiger charge is 2.40. The van der Waals surface area contributed by atoms with E-state index in [-0.39, 0.29) is 0 Å². The number of benzene rings is 1. The van der Waals surface area contributed by atoms with E-state index in [1.165, 1.54) is 0 Å². The van der Waals surface area contributed by atoms with Gasteiger partial charge < -0.3 is 0 Å². The van der Waals surface area contributed by atoms with E-state index in [9.17, 15) is 4.57 Å². The second-order valence-corrected chi connectivity index (χ2v) is 7.45. The molecular formula is C12H18Cl2N3OP. The van der Waals surface area contributed by atoms with Crippen molar-refractivity contribution in [2.75, 3.05) is 42.6 Å². The molecule has 0 saturated carbocycles. The molecule has 0 aliphatic carbocycles. The van der Waals surface area contributed by atoms with Crippen molar-refractivity contribution in [1.29, 1.82) is 0 Å². The number of hydrogen-bond donors (Lipinski definition) is 1. The Kier molecular flexibility index (Phi) is 5.55. The zero-order valence-electron chi connectivity index (χ0n) is 10.6. The summed E-state index contributed by atoms with van der Waals surface area (Å²) in [7, 11) is -2.80. The van der Waals surface area contributed by atoms with Crippen molar-refractivity contribution in [3.05, 3.63) is 30.3 Å². The minimum Gasteiger partial charge on any atom is -0.298 e. The highest BCUT2D eigenvalue weighted by atomic mass is 35.5. The smallest absolute Gasteiger partial charge is 0.298 e. The third kappa shape index (κ3) is 3.26. The van der Waals surface area contributed by atoms with Gasteiger partial charge in [-0.25, -0.2) is 9.76 Å². The number of anilines is 1. The number of halogens is 2. The van der Waals surface area contributed by atoms with Crippen molar-refractivity contribution in [3.8, 4) is 0 Å². The van der Waals surface area contributed by atoms with Gasteiger partial charge in [0.2, 0.25) is 0 Å². The van der Waals surface area contributed by atoms with Gasteiger partial charge in [-0.1, -0.05) is 18.2 Å². The number of rotatable bonds is 6. The van der Waals surface area contributed by atoms with Gasteiger partial charge in [-0.15, -0.1) is 23.2 Å². The lowest BCUT2D eigenvalue weighted by molar-refractivity contribution is 0.441. The second kappa shape index (κ2) is 6.96. The maximum Gasteiger partial charge on any atom is 0.308 e. The van der Waals surface area contributed by atoms with Gasteiger partial charge in [0.05, 0.1) is 0 Å². The van der Waals surface area contributed by atoms with Gasteiger partial charge in [0.1, 0.15) is 0 Å². The lowest BCUT2D eigenvalue weighted by Gasteiger charge is -2.34. The first kappa shape index (κ1) is 15.1. The maximum absolute atomic E-state index is 13.2. The molecule has 0 radical (unpaired) electrons. The fourth-order valence-corrected chi connectivity index (χ4v) is 5.51. The van der Waals surface area contributed by atoms with Crippen LogP contribution in [0.5, 0.6) is 0 Å². The SMILES string of the molecule is O=P1(N(CCCl)CCCl)NCCN1c1ccccc1. The topological polar surface area (TPSA) is 35.6 Å². The molecule has 0 bridgehead atoms. The zero-order chi connectivity index (χ0) is 13.7. The number of para-hydroxylation sites is 1. The zero-order valence-corrected chi connectivity index (χ0v) is 13.0. The van der Waals surface area contributed by atoms with Crippen LogP contribution in [0, 0.1) is 0 Å². The quantitative estimate of drug-likeness (QED) is 0.645. The summed E-state index contributed by atoms with van der Waals surface area (Å²) in [6.45, 7) is 2.54. The predicted molar refractivity (Wildman–Crippen MR) is 82.4 cm³/mol. The second-order valence-electron chi connectivity index (χ2n) is 4.24. The average molecular weight is 322 g/mol. The number of hydrogen-bond acceptors (Lipinski definition) is 1. The molecule has 19 heavy (non-hydrogen) atoms. The largest absolute Gasteiger partial charge is 0.308 e. The minimum atomic E-state index is -2.80. The molecule has 7 heteroatoms. The molecule has 1 aliphatic rings. The Balaban J connectivity index is 2.26. The van der Waals surface area contributed by atoms with E-state index in [0.717, 1.165) is 12.2 Å². The molecule has 4 nitrogen and oxygen atoms in total. The first-order chi connectivity index (χ1) is 9.22. The molecule has 2 rings (SSSR count). The van der Waals surface area contributed by atoms with Crippen LogP contribution in [0.1, 0.15) is 0 Å². The summed E-state index contributed by atoms with van der Waals surface area (Å²) in [6.07, 6.45) is 0. The number of nitrogens with one attached hydrogen (secondary N) is 1. The molecular weight excluding hydrogens is 304 g/mol. The van der Waals surface area contributed by atoms with E-state index in [2.05, 4.69) is 5.09 Å². The molecule has 1 saturated heterocycles. The van der Waals surface area contributed by atoms with E-state index in [0.29, 0.717) is 31.4 Å². The molecule has 1 N–H and O–H groups in total. The van der Waals surface area contributed by atoms with Crippen LogP contribution in [0.2, 0.25) is 0 Å². The Labute approximate surface area is 124 Å².